The van der Waals surface area contributed by atoms with Gasteiger partial charge in [-0.2, -0.15) is 5.10 Å². The molecule has 2 N–H and O–H groups in total. The van der Waals surface area contributed by atoms with Crippen molar-refractivity contribution in [2.24, 2.45) is 5.10 Å². The van der Waals surface area contributed by atoms with Crippen molar-refractivity contribution in [3.05, 3.63) is 58.1 Å². The van der Waals surface area contributed by atoms with Gasteiger partial charge >= 0.3 is 0 Å². The number of carbonyl (C=O) groups excluding carboxylic acids is 1. The number of carbonyl (C=O) groups is 1. The Balaban J connectivity index is 1.96. The summed E-state index contributed by atoms with van der Waals surface area (Å²) in [4.78, 5) is 11.9. The summed E-state index contributed by atoms with van der Waals surface area (Å²) in [5.41, 5.74) is 5.84. The molecule has 0 saturated heterocycles. The Bertz CT molecular complexity index is 763. The number of amides is 1. The molecule has 0 saturated carbocycles. The fraction of sp³-hybridized carbons (Fsp3) is 0.263. The van der Waals surface area contributed by atoms with Crippen LogP contribution in [0.15, 0.2) is 41.5 Å². The summed E-state index contributed by atoms with van der Waals surface area (Å²) in [5, 5.41) is 14.2. The molecule has 0 unspecified atom stereocenters. The van der Waals surface area contributed by atoms with Crippen LogP contribution < -0.4 is 10.2 Å². The Morgan fingerprint density at radius 3 is 2.36 bits per heavy atom. The highest BCUT2D eigenvalue weighted by atomic mass is 35.5. The van der Waals surface area contributed by atoms with E-state index in [0.717, 1.165) is 16.7 Å². The molecule has 1 amide bonds. The van der Waals surface area contributed by atoms with Gasteiger partial charge in [0.05, 0.1) is 5.71 Å². The summed E-state index contributed by atoms with van der Waals surface area (Å²) in [6.45, 7) is 5.57. The smallest absolute Gasteiger partial charge is 0.277 e. The predicted molar refractivity (Wildman–Crippen MR) is 99.5 cm³/mol. The van der Waals surface area contributed by atoms with Crippen molar-refractivity contribution < 1.29 is 14.6 Å². The molecular formula is C19H21ClN2O3. The molecule has 0 heterocycles. The number of nitrogens with one attached hydrogen (secondary N) is 1. The summed E-state index contributed by atoms with van der Waals surface area (Å²) in [6.07, 6.45) is 0.640. The highest BCUT2D eigenvalue weighted by Crippen LogP contribution is 2.25. The van der Waals surface area contributed by atoms with Gasteiger partial charge in [0.15, 0.2) is 6.61 Å². The van der Waals surface area contributed by atoms with Gasteiger partial charge in [0.1, 0.15) is 11.5 Å². The summed E-state index contributed by atoms with van der Waals surface area (Å²) < 4.78 is 5.50. The molecule has 2 rings (SSSR count). The van der Waals surface area contributed by atoms with Crippen molar-refractivity contribution in [1.29, 1.82) is 0 Å². The van der Waals surface area contributed by atoms with Crippen LogP contribution in [0.5, 0.6) is 11.5 Å². The van der Waals surface area contributed by atoms with E-state index >= 15 is 0 Å². The summed E-state index contributed by atoms with van der Waals surface area (Å²) in [5.74, 6) is 0.424. The topological polar surface area (TPSA) is 70.9 Å². The van der Waals surface area contributed by atoms with Gasteiger partial charge in [0.2, 0.25) is 0 Å². The number of halogens is 1. The first-order chi connectivity index (χ1) is 11.9. The molecule has 132 valence electrons. The van der Waals surface area contributed by atoms with E-state index in [4.69, 9.17) is 16.3 Å². The SMILES string of the molecule is CCC(=NNC(=O)COc1cc(C)c(Cl)c(C)c1)c1ccc(O)cc1. The molecule has 0 aliphatic rings. The van der Waals surface area contributed by atoms with Crippen LogP contribution in [-0.4, -0.2) is 23.3 Å². The van der Waals surface area contributed by atoms with Crippen molar-refractivity contribution in [1.82, 2.24) is 5.43 Å². The zero-order chi connectivity index (χ0) is 18.4. The van der Waals surface area contributed by atoms with E-state index in [9.17, 15) is 9.90 Å². The highest BCUT2D eigenvalue weighted by molar-refractivity contribution is 6.32. The minimum atomic E-state index is -0.352. The molecule has 5 nitrogen and oxygen atoms in total. The minimum absolute atomic E-state index is 0.142. The lowest BCUT2D eigenvalue weighted by molar-refractivity contribution is -0.123. The number of hydrogen-bond acceptors (Lipinski definition) is 4. The molecule has 0 atom stereocenters. The molecular weight excluding hydrogens is 340 g/mol. The molecule has 0 radical (unpaired) electrons. The summed E-state index contributed by atoms with van der Waals surface area (Å²) >= 11 is 6.11. The maximum atomic E-state index is 11.9. The first-order valence-corrected chi connectivity index (χ1v) is 8.32. The Labute approximate surface area is 152 Å². The van der Waals surface area contributed by atoms with E-state index in [1.165, 1.54) is 0 Å². The number of phenolic OH excluding ortho intramolecular Hbond substituents is 1. The highest BCUT2D eigenvalue weighted by Gasteiger charge is 2.07. The van der Waals surface area contributed by atoms with Crippen molar-refractivity contribution in [3.8, 4) is 11.5 Å². The molecule has 2 aromatic rings. The number of aromatic hydroxyl groups is 1. The number of benzene rings is 2. The Kier molecular flexibility index (Phi) is 6.42. The monoisotopic (exact) mass is 360 g/mol. The van der Waals surface area contributed by atoms with Gasteiger partial charge in [-0.15, -0.1) is 0 Å². The maximum absolute atomic E-state index is 11.9. The second-order valence-electron chi connectivity index (χ2n) is 5.65. The number of phenols is 1. The second kappa shape index (κ2) is 8.53. The van der Waals surface area contributed by atoms with Crippen LogP contribution in [0.4, 0.5) is 0 Å². The van der Waals surface area contributed by atoms with Crippen LogP contribution in [0.1, 0.15) is 30.0 Å². The Morgan fingerprint density at radius 2 is 1.80 bits per heavy atom. The van der Waals surface area contributed by atoms with Gasteiger partial charge in [-0.25, -0.2) is 5.43 Å². The van der Waals surface area contributed by atoms with Gasteiger partial charge in [-0.1, -0.05) is 18.5 Å². The third-order valence-corrected chi connectivity index (χ3v) is 4.23. The third-order valence-electron chi connectivity index (χ3n) is 3.63. The number of rotatable bonds is 6. The normalized spacial score (nSPS) is 11.3. The van der Waals surface area contributed by atoms with Crippen molar-refractivity contribution in [2.75, 3.05) is 6.61 Å². The largest absolute Gasteiger partial charge is 0.508 e. The van der Waals surface area contributed by atoms with E-state index in [0.29, 0.717) is 22.9 Å². The van der Waals surface area contributed by atoms with E-state index in [2.05, 4.69) is 10.5 Å². The van der Waals surface area contributed by atoms with Gasteiger partial charge < -0.3 is 9.84 Å². The second-order valence-corrected chi connectivity index (χ2v) is 6.03. The van der Waals surface area contributed by atoms with Crippen molar-refractivity contribution in [2.45, 2.75) is 27.2 Å². The van der Waals surface area contributed by atoms with E-state index in [1.807, 2.05) is 20.8 Å². The quantitative estimate of drug-likeness (QED) is 0.604. The van der Waals surface area contributed by atoms with Gasteiger partial charge in [-0.05, 0) is 73.4 Å². The average molecular weight is 361 g/mol. The first kappa shape index (κ1) is 18.8. The lowest BCUT2D eigenvalue weighted by Gasteiger charge is -2.10. The van der Waals surface area contributed by atoms with Crippen molar-refractivity contribution >= 4 is 23.2 Å². The zero-order valence-electron chi connectivity index (χ0n) is 14.5. The number of hydrazone groups is 1. The Morgan fingerprint density at radius 1 is 1.20 bits per heavy atom. The van der Waals surface area contributed by atoms with Crippen molar-refractivity contribution in [3.63, 3.8) is 0 Å². The number of aryl methyl sites for hydroxylation is 2. The van der Waals surface area contributed by atoms with Crippen LogP contribution in [0, 0.1) is 13.8 Å². The molecule has 0 aliphatic heterocycles. The Hall–Kier alpha value is -2.53. The fourth-order valence-corrected chi connectivity index (χ4v) is 2.41. The molecule has 0 bridgehead atoms. The number of ether oxygens (including phenoxy) is 1. The maximum Gasteiger partial charge on any atom is 0.277 e. The molecule has 6 heteroatoms. The van der Waals surface area contributed by atoms with Gasteiger partial charge in [0, 0.05) is 5.02 Å². The third kappa shape index (κ3) is 5.22. The summed E-state index contributed by atoms with van der Waals surface area (Å²) in [6, 6.07) is 10.2. The van der Waals surface area contributed by atoms with Crippen LogP contribution in [0.2, 0.25) is 5.02 Å². The van der Waals surface area contributed by atoms with Crippen LogP contribution in [-0.2, 0) is 4.79 Å². The molecule has 25 heavy (non-hydrogen) atoms. The summed E-state index contributed by atoms with van der Waals surface area (Å²) in [7, 11) is 0. The molecule has 0 spiro atoms. The predicted octanol–water partition coefficient (Wildman–Crippen LogP) is 3.97. The lowest BCUT2D eigenvalue weighted by Crippen LogP contribution is -2.26. The lowest BCUT2D eigenvalue weighted by atomic mass is 10.1. The zero-order valence-corrected chi connectivity index (χ0v) is 15.2. The molecule has 0 fully saturated rings. The number of nitrogens with zero attached hydrogens (tertiary/aromatic N) is 1. The fourth-order valence-electron chi connectivity index (χ4n) is 2.30. The molecule has 2 aromatic carbocycles. The number of hydrogen-bond donors (Lipinski definition) is 2. The standard InChI is InChI=1S/C19H21ClN2O3/c1-4-17(14-5-7-15(23)8-6-14)21-22-18(24)11-25-16-9-12(2)19(20)13(3)10-16/h5-10,23H,4,11H2,1-3H3,(H,22,24). The first-order valence-electron chi connectivity index (χ1n) is 7.95. The van der Waals surface area contributed by atoms with Crippen LogP contribution >= 0.6 is 11.6 Å². The van der Waals surface area contributed by atoms with E-state index < -0.39 is 0 Å². The van der Waals surface area contributed by atoms with E-state index in [1.54, 1.807) is 36.4 Å². The van der Waals surface area contributed by atoms with Gasteiger partial charge in [-0.3, -0.25) is 4.79 Å². The molecule has 0 aliphatic carbocycles. The molecule has 0 aromatic heterocycles. The van der Waals surface area contributed by atoms with Gasteiger partial charge in [0.25, 0.3) is 5.91 Å². The average Bonchev–Trinajstić information content (AvgIpc) is 2.59. The van der Waals surface area contributed by atoms with E-state index in [-0.39, 0.29) is 18.3 Å². The van der Waals surface area contributed by atoms with Crippen LogP contribution in [0.25, 0.3) is 0 Å². The minimum Gasteiger partial charge on any atom is -0.508 e. The van der Waals surface area contributed by atoms with Crippen LogP contribution in [0.3, 0.4) is 0 Å².